The number of aldehydes is 1. The van der Waals surface area contributed by atoms with Gasteiger partial charge in [0.05, 0.1) is 6.04 Å². The third kappa shape index (κ3) is 3.22. The van der Waals surface area contributed by atoms with E-state index >= 15 is 0 Å². The van der Waals surface area contributed by atoms with E-state index in [2.05, 4.69) is 5.32 Å². The first kappa shape index (κ1) is 13.3. The average molecular weight is 253 g/mol. The second-order valence-corrected chi connectivity index (χ2v) is 5.29. The predicted octanol–water partition coefficient (Wildman–Crippen LogP) is 4.06. The van der Waals surface area contributed by atoms with Gasteiger partial charge in [-0.05, 0) is 17.7 Å². The molecule has 2 aromatic rings. The molecule has 0 aliphatic carbocycles. The van der Waals surface area contributed by atoms with Crippen molar-refractivity contribution in [2.45, 2.75) is 19.9 Å². The van der Waals surface area contributed by atoms with Gasteiger partial charge < -0.3 is 10.1 Å². The highest BCUT2D eigenvalue weighted by Gasteiger charge is 2.30. The minimum absolute atomic E-state index is 0.0476. The van der Waals surface area contributed by atoms with Crippen LogP contribution in [-0.2, 0) is 4.79 Å². The molecule has 1 unspecified atom stereocenters. The maximum absolute atomic E-state index is 11.4. The maximum atomic E-state index is 11.4. The first-order valence-electron chi connectivity index (χ1n) is 6.46. The van der Waals surface area contributed by atoms with Crippen LogP contribution in [0.5, 0.6) is 0 Å². The van der Waals surface area contributed by atoms with Crippen molar-refractivity contribution in [3.05, 3.63) is 66.2 Å². The van der Waals surface area contributed by atoms with Gasteiger partial charge in [-0.3, -0.25) is 0 Å². The van der Waals surface area contributed by atoms with E-state index in [0.29, 0.717) is 0 Å². The maximum Gasteiger partial charge on any atom is 0.127 e. The van der Waals surface area contributed by atoms with Crippen molar-refractivity contribution < 1.29 is 4.79 Å². The zero-order valence-corrected chi connectivity index (χ0v) is 11.3. The molecular formula is C17H19NO. The van der Waals surface area contributed by atoms with Crippen molar-refractivity contribution in [3.63, 3.8) is 0 Å². The van der Waals surface area contributed by atoms with Crippen molar-refractivity contribution in [2.75, 3.05) is 5.32 Å². The van der Waals surface area contributed by atoms with Gasteiger partial charge in [0.1, 0.15) is 6.29 Å². The van der Waals surface area contributed by atoms with Crippen molar-refractivity contribution in [3.8, 4) is 0 Å². The number of rotatable bonds is 5. The molecule has 0 radical (unpaired) electrons. The van der Waals surface area contributed by atoms with Crippen LogP contribution in [0.4, 0.5) is 5.69 Å². The van der Waals surface area contributed by atoms with Gasteiger partial charge in [-0.15, -0.1) is 0 Å². The molecule has 2 heteroatoms. The summed E-state index contributed by atoms with van der Waals surface area (Å²) in [7, 11) is 0. The van der Waals surface area contributed by atoms with Crippen molar-refractivity contribution in [2.24, 2.45) is 5.41 Å². The van der Waals surface area contributed by atoms with Crippen molar-refractivity contribution in [1.82, 2.24) is 0 Å². The fraction of sp³-hybridized carbons (Fsp3) is 0.235. The molecule has 98 valence electrons. The smallest absolute Gasteiger partial charge is 0.127 e. The largest absolute Gasteiger partial charge is 0.377 e. The Morgan fingerprint density at radius 2 is 1.47 bits per heavy atom. The molecule has 0 amide bonds. The fourth-order valence-electron chi connectivity index (χ4n) is 2.11. The van der Waals surface area contributed by atoms with Crippen LogP contribution < -0.4 is 5.32 Å². The van der Waals surface area contributed by atoms with Crippen LogP contribution in [0.2, 0.25) is 0 Å². The minimum atomic E-state index is -0.475. The van der Waals surface area contributed by atoms with Crippen LogP contribution in [0.1, 0.15) is 25.5 Å². The van der Waals surface area contributed by atoms with Gasteiger partial charge in [-0.1, -0.05) is 62.4 Å². The Morgan fingerprint density at radius 3 is 2.00 bits per heavy atom. The normalized spacial score (nSPS) is 12.7. The van der Waals surface area contributed by atoms with Gasteiger partial charge in [0, 0.05) is 11.1 Å². The number of hydrogen-bond donors (Lipinski definition) is 1. The summed E-state index contributed by atoms with van der Waals surface area (Å²) in [5.74, 6) is 0. The summed E-state index contributed by atoms with van der Waals surface area (Å²) in [4.78, 5) is 11.4. The average Bonchev–Trinajstić information content (AvgIpc) is 2.46. The summed E-state index contributed by atoms with van der Waals surface area (Å²) < 4.78 is 0. The quantitative estimate of drug-likeness (QED) is 0.814. The number of para-hydroxylation sites is 1. The Kier molecular flexibility index (Phi) is 4.00. The number of hydrogen-bond acceptors (Lipinski definition) is 2. The molecule has 1 N–H and O–H groups in total. The fourth-order valence-corrected chi connectivity index (χ4v) is 2.11. The predicted molar refractivity (Wildman–Crippen MR) is 79.1 cm³/mol. The van der Waals surface area contributed by atoms with E-state index < -0.39 is 5.41 Å². The highest BCUT2D eigenvalue weighted by molar-refractivity contribution is 5.62. The molecular weight excluding hydrogens is 234 g/mol. The molecule has 0 aliphatic rings. The summed E-state index contributed by atoms with van der Waals surface area (Å²) in [6, 6.07) is 20.0. The summed E-state index contributed by atoms with van der Waals surface area (Å²) in [6.07, 6.45) is 1.01. The van der Waals surface area contributed by atoms with Crippen LogP contribution in [0, 0.1) is 5.41 Å². The molecule has 1 atom stereocenters. The molecule has 0 bridgehead atoms. The third-order valence-corrected chi connectivity index (χ3v) is 3.27. The number of carbonyl (C=O) groups is 1. The second-order valence-electron chi connectivity index (χ2n) is 5.29. The lowest BCUT2D eigenvalue weighted by atomic mass is 9.81. The summed E-state index contributed by atoms with van der Waals surface area (Å²) in [5, 5.41) is 3.46. The van der Waals surface area contributed by atoms with Gasteiger partial charge in [-0.25, -0.2) is 0 Å². The zero-order chi connectivity index (χ0) is 13.7. The molecule has 0 aromatic heterocycles. The van der Waals surface area contributed by atoms with Crippen molar-refractivity contribution >= 4 is 12.0 Å². The van der Waals surface area contributed by atoms with E-state index in [-0.39, 0.29) is 6.04 Å². The van der Waals surface area contributed by atoms with Crippen LogP contribution in [-0.4, -0.2) is 6.29 Å². The minimum Gasteiger partial charge on any atom is -0.377 e. The molecule has 19 heavy (non-hydrogen) atoms. The Labute approximate surface area is 114 Å². The van der Waals surface area contributed by atoms with E-state index in [9.17, 15) is 4.79 Å². The third-order valence-electron chi connectivity index (χ3n) is 3.27. The molecule has 0 fully saturated rings. The lowest BCUT2D eigenvalue weighted by Crippen LogP contribution is -2.29. The molecule has 2 nitrogen and oxygen atoms in total. The molecule has 0 spiro atoms. The lowest BCUT2D eigenvalue weighted by molar-refractivity contribution is -0.115. The Hall–Kier alpha value is -2.09. The Morgan fingerprint density at radius 1 is 0.947 bits per heavy atom. The molecule has 0 saturated heterocycles. The number of benzene rings is 2. The SMILES string of the molecule is CC(C)(C=O)C(Nc1ccccc1)c1ccccc1. The molecule has 0 heterocycles. The van der Waals surface area contributed by atoms with E-state index in [1.165, 1.54) is 0 Å². The molecule has 0 aliphatic heterocycles. The number of nitrogens with one attached hydrogen (secondary N) is 1. The van der Waals surface area contributed by atoms with Gasteiger partial charge in [0.2, 0.25) is 0 Å². The zero-order valence-electron chi connectivity index (χ0n) is 11.3. The van der Waals surface area contributed by atoms with E-state index in [4.69, 9.17) is 0 Å². The first-order chi connectivity index (χ1) is 9.13. The summed E-state index contributed by atoms with van der Waals surface area (Å²) in [5.41, 5.74) is 1.66. The van der Waals surface area contributed by atoms with Crippen LogP contribution >= 0.6 is 0 Å². The van der Waals surface area contributed by atoms with Gasteiger partial charge >= 0.3 is 0 Å². The summed E-state index contributed by atoms with van der Waals surface area (Å²) >= 11 is 0. The topological polar surface area (TPSA) is 29.1 Å². The lowest BCUT2D eigenvalue weighted by Gasteiger charge is -2.31. The molecule has 0 saturated carbocycles. The van der Waals surface area contributed by atoms with Crippen LogP contribution in [0.3, 0.4) is 0 Å². The standard InChI is InChI=1S/C17H19NO/c1-17(2,13-19)16(14-9-5-3-6-10-14)18-15-11-7-4-8-12-15/h3-13,16,18H,1-2H3. The highest BCUT2D eigenvalue weighted by atomic mass is 16.1. The second kappa shape index (κ2) is 5.70. The number of anilines is 1. The van der Waals surface area contributed by atoms with Crippen LogP contribution in [0.15, 0.2) is 60.7 Å². The van der Waals surface area contributed by atoms with E-state index in [1.807, 2.05) is 74.5 Å². The monoisotopic (exact) mass is 253 g/mol. The highest BCUT2D eigenvalue weighted by Crippen LogP contribution is 2.34. The molecule has 2 rings (SSSR count). The van der Waals surface area contributed by atoms with Crippen molar-refractivity contribution in [1.29, 1.82) is 0 Å². The Bertz CT molecular complexity index is 519. The summed E-state index contributed by atoms with van der Waals surface area (Å²) in [6.45, 7) is 3.90. The van der Waals surface area contributed by atoms with E-state index in [1.54, 1.807) is 0 Å². The first-order valence-corrected chi connectivity index (χ1v) is 6.46. The van der Waals surface area contributed by atoms with Gasteiger partial charge in [-0.2, -0.15) is 0 Å². The van der Waals surface area contributed by atoms with Crippen LogP contribution in [0.25, 0.3) is 0 Å². The van der Waals surface area contributed by atoms with E-state index in [0.717, 1.165) is 17.5 Å². The molecule has 2 aromatic carbocycles. The van der Waals surface area contributed by atoms with Gasteiger partial charge in [0.15, 0.2) is 0 Å². The number of carbonyl (C=O) groups excluding carboxylic acids is 1. The Balaban J connectivity index is 2.33. The van der Waals surface area contributed by atoms with Gasteiger partial charge in [0.25, 0.3) is 0 Å².